The molecule has 3 aromatic rings. The molecular weight excluding hydrogens is 525 g/mol. The highest BCUT2D eigenvalue weighted by Gasteiger charge is 2.42. The first kappa shape index (κ1) is 26.1. The maximum Gasteiger partial charge on any atom is 0.326 e. The van der Waals surface area contributed by atoms with Gasteiger partial charge in [0.15, 0.2) is 0 Å². The molecule has 0 bridgehead atoms. The smallest absolute Gasteiger partial charge is 0.326 e. The van der Waals surface area contributed by atoms with Gasteiger partial charge in [-0.15, -0.1) is 0 Å². The normalized spacial score (nSPS) is 15.3. The summed E-state index contributed by atoms with van der Waals surface area (Å²) in [5.41, 5.74) is -0.0616. The van der Waals surface area contributed by atoms with Crippen molar-refractivity contribution < 1.29 is 19.5 Å². The molecular formula is C26H24Cl3N3O4. The van der Waals surface area contributed by atoms with Gasteiger partial charge in [0.25, 0.3) is 5.91 Å². The summed E-state index contributed by atoms with van der Waals surface area (Å²) in [6, 6.07) is 11.7. The zero-order valence-electron chi connectivity index (χ0n) is 19.3. The predicted molar refractivity (Wildman–Crippen MR) is 144 cm³/mol. The number of benzene rings is 3. The van der Waals surface area contributed by atoms with E-state index in [9.17, 15) is 19.5 Å². The fraction of sp³-hybridized carbons (Fsp3) is 0.269. The van der Waals surface area contributed by atoms with Gasteiger partial charge in [-0.3, -0.25) is 4.79 Å². The number of carboxylic acid groups (broad SMARTS) is 1. The van der Waals surface area contributed by atoms with Crippen molar-refractivity contribution in [1.82, 2.24) is 5.32 Å². The van der Waals surface area contributed by atoms with Gasteiger partial charge in [-0.25, -0.2) is 9.59 Å². The number of rotatable bonds is 6. The molecule has 0 heterocycles. The summed E-state index contributed by atoms with van der Waals surface area (Å²) in [4.78, 5) is 38.4. The van der Waals surface area contributed by atoms with Crippen LogP contribution in [0.25, 0.3) is 10.8 Å². The Morgan fingerprint density at radius 1 is 0.917 bits per heavy atom. The van der Waals surface area contributed by atoms with Gasteiger partial charge in [0.1, 0.15) is 6.04 Å². The third kappa shape index (κ3) is 5.53. The van der Waals surface area contributed by atoms with Crippen LogP contribution >= 0.6 is 34.8 Å². The first-order valence-corrected chi connectivity index (χ1v) is 12.5. The van der Waals surface area contributed by atoms with E-state index in [1.54, 1.807) is 12.1 Å². The molecule has 0 radical (unpaired) electrons. The van der Waals surface area contributed by atoms with Crippen LogP contribution in [-0.2, 0) is 4.79 Å². The number of hydrogen-bond acceptors (Lipinski definition) is 3. The van der Waals surface area contributed by atoms with Crippen LogP contribution in [0.2, 0.25) is 15.1 Å². The summed E-state index contributed by atoms with van der Waals surface area (Å²) >= 11 is 18.3. The second-order valence-electron chi connectivity index (χ2n) is 9.17. The van der Waals surface area contributed by atoms with Crippen molar-refractivity contribution in [2.24, 2.45) is 5.41 Å². The molecule has 7 nitrogen and oxygen atoms in total. The van der Waals surface area contributed by atoms with Gasteiger partial charge < -0.3 is 21.1 Å². The molecule has 4 N–H and O–H groups in total. The minimum atomic E-state index is -1.09. The number of anilines is 2. The highest BCUT2D eigenvalue weighted by atomic mass is 35.5. The summed E-state index contributed by atoms with van der Waals surface area (Å²) in [7, 11) is 0. The molecule has 0 spiro atoms. The van der Waals surface area contributed by atoms with E-state index in [0.29, 0.717) is 17.9 Å². The van der Waals surface area contributed by atoms with Crippen molar-refractivity contribution in [1.29, 1.82) is 0 Å². The molecule has 3 aromatic carbocycles. The van der Waals surface area contributed by atoms with Crippen molar-refractivity contribution in [3.8, 4) is 0 Å². The van der Waals surface area contributed by atoms with Gasteiger partial charge in [0.2, 0.25) is 0 Å². The lowest BCUT2D eigenvalue weighted by molar-refractivity contribution is -0.142. The Hall–Kier alpha value is -3.00. The van der Waals surface area contributed by atoms with Crippen LogP contribution in [0.3, 0.4) is 0 Å². The standard InChI is InChI=1S/C26H24Cl3N3O4/c1-26(8-4-5-9-26)22(24(34)35)32-23(33)17-10-14-6-2-3-7-15(14)11-20(17)30-25(36)31-21-18(28)12-16(27)13-19(21)29/h2-3,6-7,10-13,22H,4-5,8-9H2,1H3,(H,32,33)(H,34,35)(H2,30,31,36)/t22-/m1/s1. The number of hydrogen-bond donors (Lipinski definition) is 4. The predicted octanol–water partition coefficient (Wildman–Crippen LogP) is 7.21. The maximum atomic E-state index is 13.4. The molecule has 36 heavy (non-hydrogen) atoms. The van der Waals surface area contributed by atoms with Gasteiger partial charge in [0, 0.05) is 5.02 Å². The lowest BCUT2D eigenvalue weighted by Crippen LogP contribution is -2.50. The highest BCUT2D eigenvalue weighted by Crippen LogP contribution is 2.41. The summed E-state index contributed by atoms with van der Waals surface area (Å²) in [5, 5.41) is 20.0. The van der Waals surface area contributed by atoms with Gasteiger partial charge >= 0.3 is 12.0 Å². The Bertz CT molecular complexity index is 1330. The molecule has 1 aliphatic carbocycles. The third-order valence-electron chi connectivity index (χ3n) is 6.59. The number of carbonyl (C=O) groups excluding carboxylic acids is 2. The van der Waals surface area contributed by atoms with Gasteiger partial charge in [-0.05, 0) is 53.3 Å². The van der Waals surface area contributed by atoms with Crippen LogP contribution in [-0.4, -0.2) is 29.1 Å². The van der Waals surface area contributed by atoms with Crippen LogP contribution in [0.1, 0.15) is 43.0 Å². The molecule has 10 heteroatoms. The molecule has 3 amide bonds. The SMILES string of the molecule is CC1([C@H](NC(=O)c2cc3ccccc3cc2NC(=O)Nc2c(Cl)cc(Cl)cc2Cl)C(=O)O)CCCC1. The Balaban J connectivity index is 1.65. The summed E-state index contributed by atoms with van der Waals surface area (Å²) < 4.78 is 0. The van der Waals surface area contributed by atoms with Crippen LogP contribution in [0, 0.1) is 5.41 Å². The fourth-order valence-electron chi connectivity index (χ4n) is 4.67. The van der Waals surface area contributed by atoms with Gasteiger partial charge in [0.05, 0.1) is 27.0 Å². The molecule has 0 saturated heterocycles. The molecule has 1 saturated carbocycles. The zero-order chi connectivity index (χ0) is 26.0. The molecule has 0 unspecified atom stereocenters. The monoisotopic (exact) mass is 547 g/mol. The molecule has 1 aliphatic rings. The van der Waals surface area contributed by atoms with Crippen molar-refractivity contribution in [3.05, 3.63) is 69.2 Å². The lowest BCUT2D eigenvalue weighted by Gasteiger charge is -2.31. The average Bonchev–Trinajstić information content (AvgIpc) is 3.26. The molecule has 0 aliphatic heterocycles. The molecule has 1 atom stereocenters. The molecule has 1 fully saturated rings. The van der Waals surface area contributed by atoms with Crippen molar-refractivity contribution in [2.75, 3.05) is 10.6 Å². The van der Waals surface area contributed by atoms with Crippen LogP contribution in [0.5, 0.6) is 0 Å². The van der Waals surface area contributed by atoms with Crippen LogP contribution < -0.4 is 16.0 Å². The van der Waals surface area contributed by atoms with E-state index >= 15 is 0 Å². The second-order valence-corrected chi connectivity index (χ2v) is 10.4. The quantitative estimate of drug-likeness (QED) is 0.261. The highest BCUT2D eigenvalue weighted by molar-refractivity contribution is 6.42. The van der Waals surface area contributed by atoms with E-state index in [4.69, 9.17) is 34.8 Å². The number of fused-ring (bicyclic) bond motifs is 1. The number of halogens is 3. The largest absolute Gasteiger partial charge is 0.480 e. The maximum absolute atomic E-state index is 13.4. The van der Waals surface area contributed by atoms with E-state index in [2.05, 4.69) is 16.0 Å². The summed E-state index contributed by atoms with van der Waals surface area (Å²) in [6.45, 7) is 1.88. The Morgan fingerprint density at radius 2 is 1.50 bits per heavy atom. The van der Waals surface area contributed by atoms with E-state index < -0.39 is 29.4 Å². The minimum absolute atomic E-state index is 0.130. The van der Waals surface area contributed by atoms with Crippen molar-refractivity contribution in [2.45, 2.75) is 38.6 Å². The van der Waals surface area contributed by atoms with E-state index in [-0.39, 0.29) is 27.0 Å². The molecule has 4 rings (SSSR count). The van der Waals surface area contributed by atoms with E-state index in [0.717, 1.165) is 23.6 Å². The minimum Gasteiger partial charge on any atom is -0.480 e. The van der Waals surface area contributed by atoms with Gasteiger partial charge in [-0.2, -0.15) is 0 Å². The number of urea groups is 1. The lowest BCUT2D eigenvalue weighted by atomic mass is 9.80. The third-order valence-corrected chi connectivity index (χ3v) is 7.40. The van der Waals surface area contributed by atoms with Crippen molar-refractivity contribution >= 4 is 74.9 Å². The first-order valence-electron chi connectivity index (χ1n) is 11.4. The number of nitrogens with one attached hydrogen (secondary N) is 3. The molecule has 0 aromatic heterocycles. The zero-order valence-corrected chi connectivity index (χ0v) is 21.6. The fourth-order valence-corrected chi connectivity index (χ4v) is 5.59. The Labute approximate surface area is 223 Å². The van der Waals surface area contributed by atoms with Crippen molar-refractivity contribution in [3.63, 3.8) is 0 Å². The number of amides is 3. The Kier molecular flexibility index (Phi) is 7.64. The topological polar surface area (TPSA) is 108 Å². The number of carbonyl (C=O) groups is 3. The summed E-state index contributed by atoms with van der Waals surface area (Å²) in [6.07, 6.45) is 3.24. The average molecular weight is 549 g/mol. The molecule has 188 valence electrons. The van der Waals surface area contributed by atoms with Crippen LogP contribution in [0.4, 0.5) is 16.2 Å². The first-order chi connectivity index (χ1) is 17.1. The van der Waals surface area contributed by atoms with E-state index in [1.165, 1.54) is 12.1 Å². The summed E-state index contributed by atoms with van der Waals surface area (Å²) in [5.74, 6) is -1.69. The second kappa shape index (κ2) is 10.5. The van der Waals surface area contributed by atoms with Gasteiger partial charge in [-0.1, -0.05) is 78.8 Å². The Morgan fingerprint density at radius 3 is 2.08 bits per heavy atom. The number of carboxylic acids is 1. The number of aliphatic carboxylic acids is 1. The van der Waals surface area contributed by atoms with Crippen LogP contribution in [0.15, 0.2) is 48.5 Å². The van der Waals surface area contributed by atoms with E-state index in [1.807, 2.05) is 31.2 Å².